The summed E-state index contributed by atoms with van der Waals surface area (Å²) in [6, 6.07) is 13.7. The van der Waals surface area contributed by atoms with E-state index in [1.54, 1.807) is 6.92 Å². The number of ether oxygens (including phenoxy) is 3. The number of nitrogens with zero attached hydrogens (tertiary/aromatic N) is 1. The molecule has 0 bridgehead atoms. The Morgan fingerprint density at radius 1 is 1.12 bits per heavy atom. The standard InChI is InChI=1S/C25H28N2O7/c1-15-22(24(29)30)27(11-12-33-15)23(28)21(14-32-2)26-25(31)34-13-20-18-9-5-3-7-16(18)17-8-4-6-10-19(17)20/h3-10,15,20-22H,11-14H2,1-2H3,(H,26,31)(H,29,30)/t15?,21-,22?/m0/s1. The van der Waals surface area contributed by atoms with Crippen molar-refractivity contribution in [1.82, 2.24) is 10.2 Å². The summed E-state index contributed by atoms with van der Waals surface area (Å²) in [5.74, 6) is -1.85. The lowest BCUT2D eigenvalue weighted by Crippen LogP contribution is -2.61. The second-order valence-corrected chi connectivity index (χ2v) is 8.37. The van der Waals surface area contributed by atoms with E-state index < -0.39 is 36.2 Å². The third kappa shape index (κ3) is 4.62. The van der Waals surface area contributed by atoms with E-state index in [-0.39, 0.29) is 32.3 Å². The Balaban J connectivity index is 1.44. The van der Waals surface area contributed by atoms with E-state index in [1.807, 2.05) is 48.5 Å². The van der Waals surface area contributed by atoms with Crippen molar-refractivity contribution in [3.8, 4) is 11.1 Å². The molecule has 0 radical (unpaired) electrons. The van der Waals surface area contributed by atoms with Gasteiger partial charge in [-0.2, -0.15) is 0 Å². The van der Waals surface area contributed by atoms with Gasteiger partial charge < -0.3 is 29.5 Å². The summed E-state index contributed by atoms with van der Waals surface area (Å²) in [7, 11) is 1.40. The van der Waals surface area contributed by atoms with E-state index in [4.69, 9.17) is 14.2 Å². The molecule has 2 aromatic rings. The Kier molecular flexibility index (Phi) is 7.14. The molecule has 1 aliphatic carbocycles. The lowest BCUT2D eigenvalue weighted by molar-refractivity contribution is -0.166. The van der Waals surface area contributed by atoms with E-state index in [0.29, 0.717) is 0 Å². The van der Waals surface area contributed by atoms with Crippen LogP contribution >= 0.6 is 0 Å². The number of carbonyl (C=O) groups excluding carboxylic acids is 2. The summed E-state index contributed by atoms with van der Waals surface area (Å²) in [6.45, 7) is 1.89. The van der Waals surface area contributed by atoms with E-state index in [2.05, 4.69) is 5.32 Å². The summed E-state index contributed by atoms with van der Waals surface area (Å²) < 4.78 is 16.0. The molecule has 0 saturated carbocycles. The average Bonchev–Trinajstić information content (AvgIpc) is 3.15. The summed E-state index contributed by atoms with van der Waals surface area (Å²) in [4.78, 5) is 38.7. The van der Waals surface area contributed by atoms with Crippen LogP contribution in [0.3, 0.4) is 0 Å². The highest BCUT2D eigenvalue weighted by Gasteiger charge is 2.41. The van der Waals surface area contributed by atoms with Gasteiger partial charge in [0.25, 0.3) is 0 Å². The number of fused-ring (bicyclic) bond motifs is 3. The van der Waals surface area contributed by atoms with Gasteiger partial charge in [0, 0.05) is 19.6 Å². The number of rotatable bonds is 7. The highest BCUT2D eigenvalue weighted by Crippen LogP contribution is 2.44. The van der Waals surface area contributed by atoms with Gasteiger partial charge >= 0.3 is 12.1 Å². The van der Waals surface area contributed by atoms with Crippen LogP contribution in [0, 0.1) is 0 Å². The number of aliphatic carboxylic acids is 1. The zero-order valence-electron chi connectivity index (χ0n) is 19.1. The maximum atomic E-state index is 13.1. The lowest BCUT2D eigenvalue weighted by Gasteiger charge is -2.38. The molecule has 1 aliphatic heterocycles. The largest absolute Gasteiger partial charge is 0.480 e. The SMILES string of the molecule is COC[C@H](NC(=O)OCC1c2ccccc2-c2ccccc21)C(=O)N1CCOC(C)C1C(=O)O. The number of methoxy groups -OCH3 is 1. The normalized spacial score (nSPS) is 20.2. The molecule has 9 heteroatoms. The molecule has 1 fully saturated rings. The van der Waals surface area contributed by atoms with Crippen LogP contribution in [0.25, 0.3) is 11.1 Å². The van der Waals surface area contributed by atoms with E-state index in [9.17, 15) is 19.5 Å². The predicted octanol–water partition coefficient (Wildman–Crippen LogP) is 2.24. The number of carboxylic acid groups (broad SMARTS) is 1. The molecule has 3 atom stereocenters. The fourth-order valence-corrected chi connectivity index (χ4v) is 4.73. The topological polar surface area (TPSA) is 114 Å². The van der Waals surface area contributed by atoms with Crippen molar-refractivity contribution in [1.29, 1.82) is 0 Å². The minimum atomic E-state index is -1.17. The second kappa shape index (κ2) is 10.2. The highest BCUT2D eigenvalue weighted by molar-refractivity contribution is 5.90. The number of benzene rings is 2. The summed E-state index contributed by atoms with van der Waals surface area (Å²) in [6.07, 6.45) is -1.45. The molecule has 2 unspecified atom stereocenters. The summed E-state index contributed by atoms with van der Waals surface area (Å²) in [5, 5.41) is 12.1. The molecule has 2 aromatic carbocycles. The highest BCUT2D eigenvalue weighted by atomic mass is 16.5. The number of nitrogens with one attached hydrogen (secondary N) is 1. The van der Waals surface area contributed by atoms with E-state index in [1.165, 1.54) is 12.0 Å². The number of amides is 2. The second-order valence-electron chi connectivity index (χ2n) is 8.37. The Morgan fingerprint density at radius 3 is 2.32 bits per heavy atom. The van der Waals surface area contributed by atoms with Crippen molar-refractivity contribution in [2.75, 3.05) is 33.5 Å². The van der Waals surface area contributed by atoms with Gasteiger partial charge in [-0.1, -0.05) is 48.5 Å². The van der Waals surface area contributed by atoms with Crippen LogP contribution in [0.1, 0.15) is 24.0 Å². The summed E-state index contributed by atoms with van der Waals surface area (Å²) >= 11 is 0. The number of carboxylic acids is 1. The fourth-order valence-electron chi connectivity index (χ4n) is 4.73. The van der Waals surface area contributed by atoms with Gasteiger partial charge in [-0.3, -0.25) is 4.79 Å². The van der Waals surface area contributed by atoms with Gasteiger partial charge in [-0.05, 0) is 29.2 Å². The number of alkyl carbamates (subject to hydrolysis) is 1. The van der Waals surface area contributed by atoms with Gasteiger partial charge in [-0.15, -0.1) is 0 Å². The molecule has 0 aromatic heterocycles. The zero-order chi connectivity index (χ0) is 24.2. The lowest BCUT2D eigenvalue weighted by atomic mass is 9.98. The van der Waals surface area contributed by atoms with Crippen LogP contribution in [-0.2, 0) is 23.8 Å². The number of hydrogen-bond acceptors (Lipinski definition) is 6. The molecule has 2 aliphatic rings. The van der Waals surface area contributed by atoms with Crippen LogP contribution < -0.4 is 5.32 Å². The first kappa shape index (κ1) is 23.7. The first-order valence-electron chi connectivity index (χ1n) is 11.2. The minimum Gasteiger partial charge on any atom is -0.480 e. The maximum Gasteiger partial charge on any atom is 0.407 e. The molecule has 0 spiro atoms. The van der Waals surface area contributed by atoms with Crippen molar-refractivity contribution in [2.24, 2.45) is 0 Å². The van der Waals surface area contributed by atoms with Crippen LogP contribution in [-0.4, -0.2) is 79.6 Å². The Hall–Kier alpha value is -3.43. The zero-order valence-corrected chi connectivity index (χ0v) is 19.1. The number of morpholine rings is 1. The molecule has 4 rings (SSSR count). The van der Waals surface area contributed by atoms with Crippen molar-refractivity contribution in [3.63, 3.8) is 0 Å². The first-order chi connectivity index (χ1) is 16.4. The molecular weight excluding hydrogens is 440 g/mol. The van der Waals surface area contributed by atoms with Crippen molar-refractivity contribution >= 4 is 18.0 Å². The Bertz CT molecular complexity index is 1030. The van der Waals surface area contributed by atoms with E-state index >= 15 is 0 Å². The van der Waals surface area contributed by atoms with Gasteiger partial charge in [-0.25, -0.2) is 9.59 Å². The molecule has 34 heavy (non-hydrogen) atoms. The molecule has 9 nitrogen and oxygen atoms in total. The van der Waals surface area contributed by atoms with Crippen LogP contribution in [0.5, 0.6) is 0 Å². The Labute approximate surface area is 197 Å². The molecule has 2 amide bonds. The third-order valence-electron chi connectivity index (χ3n) is 6.30. The maximum absolute atomic E-state index is 13.1. The third-order valence-corrected chi connectivity index (χ3v) is 6.30. The van der Waals surface area contributed by atoms with Crippen molar-refractivity contribution < 1.29 is 33.7 Å². The molecule has 1 saturated heterocycles. The quantitative estimate of drug-likeness (QED) is 0.641. The van der Waals surface area contributed by atoms with Gasteiger partial charge in [0.1, 0.15) is 12.6 Å². The van der Waals surface area contributed by atoms with E-state index in [0.717, 1.165) is 22.3 Å². The minimum absolute atomic E-state index is 0.0973. The monoisotopic (exact) mass is 468 g/mol. The number of carbonyl (C=O) groups is 3. The number of hydrogen-bond donors (Lipinski definition) is 2. The van der Waals surface area contributed by atoms with Crippen LogP contribution in [0.2, 0.25) is 0 Å². The van der Waals surface area contributed by atoms with Crippen LogP contribution in [0.15, 0.2) is 48.5 Å². The van der Waals surface area contributed by atoms with Gasteiger partial charge in [0.05, 0.1) is 19.3 Å². The molecule has 2 N–H and O–H groups in total. The smallest absolute Gasteiger partial charge is 0.407 e. The first-order valence-corrected chi connectivity index (χ1v) is 11.2. The average molecular weight is 469 g/mol. The van der Waals surface area contributed by atoms with Crippen molar-refractivity contribution in [3.05, 3.63) is 59.7 Å². The molecular formula is C25H28N2O7. The summed E-state index contributed by atoms with van der Waals surface area (Å²) in [5.41, 5.74) is 4.38. The predicted molar refractivity (Wildman–Crippen MR) is 122 cm³/mol. The van der Waals surface area contributed by atoms with Crippen molar-refractivity contribution in [2.45, 2.75) is 31.0 Å². The fraction of sp³-hybridized carbons (Fsp3) is 0.400. The Morgan fingerprint density at radius 2 is 1.74 bits per heavy atom. The molecule has 180 valence electrons. The van der Waals surface area contributed by atoms with Crippen LogP contribution in [0.4, 0.5) is 4.79 Å². The van der Waals surface area contributed by atoms with Gasteiger partial charge in [0.2, 0.25) is 5.91 Å². The molecule has 1 heterocycles. The van der Waals surface area contributed by atoms with Gasteiger partial charge in [0.15, 0.2) is 6.04 Å².